The molecule has 5 heteroatoms. The van der Waals surface area contributed by atoms with Crippen molar-refractivity contribution in [2.24, 2.45) is 0 Å². The second-order valence-electron chi connectivity index (χ2n) is 9.06. The van der Waals surface area contributed by atoms with Crippen LogP contribution in [-0.2, 0) is 15.8 Å². The van der Waals surface area contributed by atoms with Gasteiger partial charge in [0.2, 0.25) is 0 Å². The van der Waals surface area contributed by atoms with Crippen LogP contribution in [0.15, 0.2) is 91.0 Å². The molecule has 0 fully saturated rings. The van der Waals surface area contributed by atoms with Crippen molar-refractivity contribution in [2.45, 2.75) is 44.7 Å². The van der Waals surface area contributed by atoms with E-state index >= 15 is 0 Å². The Balaban J connectivity index is 1.75. The number of alkyl halides is 1. The average molecular weight is 453 g/mol. The maximum Gasteiger partial charge on any atom is 0.261 e. The van der Waals surface area contributed by atoms with Crippen LogP contribution in [0.5, 0.6) is 0 Å². The topological polar surface area (TPSA) is 38.7 Å². The number of ether oxygens (including phenoxy) is 1. The van der Waals surface area contributed by atoms with Crippen LogP contribution in [0.4, 0.5) is 4.39 Å². The lowest BCUT2D eigenvalue weighted by molar-refractivity contribution is -0.0184. The van der Waals surface area contributed by atoms with E-state index in [1.54, 1.807) is 0 Å². The summed E-state index contributed by atoms with van der Waals surface area (Å²) in [6.45, 7) is 6.50. The quantitative estimate of drug-likeness (QED) is 0.461. The molecule has 3 rings (SSSR count). The molecule has 0 aromatic heterocycles. The highest BCUT2D eigenvalue weighted by molar-refractivity contribution is 6.99. The summed E-state index contributed by atoms with van der Waals surface area (Å²) < 4.78 is 26.8. The molecule has 2 atom stereocenters. The first-order valence-electron chi connectivity index (χ1n) is 11.0. The number of benzene rings is 3. The van der Waals surface area contributed by atoms with E-state index in [0.717, 1.165) is 15.9 Å². The van der Waals surface area contributed by atoms with Gasteiger partial charge in [-0.15, -0.1) is 0 Å². The van der Waals surface area contributed by atoms with Gasteiger partial charge in [-0.2, -0.15) is 0 Å². The fraction of sp³-hybridized carbons (Fsp3) is 0.333. The van der Waals surface area contributed by atoms with E-state index in [-0.39, 0.29) is 18.3 Å². The van der Waals surface area contributed by atoms with E-state index in [4.69, 9.17) is 9.16 Å². The molecule has 0 aliphatic carbocycles. The molecule has 0 radical (unpaired) electrons. The Kier molecular flexibility index (Phi) is 8.37. The van der Waals surface area contributed by atoms with Crippen molar-refractivity contribution in [3.63, 3.8) is 0 Å². The highest BCUT2D eigenvalue weighted by Crippen LogP contribution is 2.36. The van der Waals surface area contributed by atoms with Crippen molar-refractivity contribution in [3.05, 3.63) is 96.6 Å². The second kappa shape index (κ2) is 11.0. The van der Waals surface area contributed by atoms with Crippen molar-refractivity contribution in [2.75, 3.05) is 13.2 Å². The molecule has 1 N–H and O–H groups in total. The van der Waals surface area contributed by atoms with Crippen LogP contribution < -0.4 is 10.4 Å². The summed E-state index contributed by atoms with van der Waals surface area (Å²) in [5.41, 5.74) is 0.970. The highest BCUT2D eigenvalue weighted by Gasteiger charge is 2.50. The summed E-state index contributed by atoms with van der Waals surface area (Å²) in [6.07, 6.45) is -2.80. The van der Waals surface area contributed by atoms with Gasteiger partial charge >= 0.3 is 0 Å². The minimum absolute atomic E-state index is 0.0941. The van der Waals surface area contributed by atoms with Crippen LogP contribution in [-0.4, -0.2) is 38.9 Å². The van der Waals surface area contributed by atoms with E-state index in [9.17, 15) is 9.50 Å². The third-order valence-electron chi connectivity index (χ3n) is 5.69. The van der Waals surface area contributed by atoms with Gasteiger partial charge in [0, 0.05) is 0 Å². The first-order chi connectivity index (χ1) is 15.3. The van der Waals surface area contributed by atoms with E-state index in [1.807, 2.05) is 66.7 Å². The van der Waals surface area contributed by atoms with Crippen molar-refractivity contribution in [1.82, 2.24) is 0 Å². The Labute approximate surface area is 192 Å². The summed E-state index contributed by atoms with van der Waals surface area (Å²) in [6, 6.07) is 29.9. The summed E-state index contributed by atoms with van der Waals surface area (Å²) in [5, 5.41) is 12.5. The molecule has 0 heterocycles. The normalized spacial score (nSPS) is 14.2. The minimum Gasteiger partial charge on any atom is -0.405 e. The molecule has 0 aliphatic heterocycles. The van der Waals surface area contributed by atoms with E-state index in [2.05, 4.69) is 45.0 Å². The van der Waals surface area contributed by atoms with Crippen molar-refractivity contribution < 1.29 is 18.7 Å². The summed E-state index contributed by atoms with van der Waals surface area (Å²) in [5.74, 6) is 0. The molecule has 0 bridgehead atoms. The van der Waals surface area contributed by atoms with Gasteiger partial charge in [-0.05, 0) is 21.0 Å². The summed E-state index contributed by atoms with van der Waals surface area (Å²) in [4.78, 5) is 0. The third kappa shape index (κ3) is 5.73. The standard InChI is InChI=1S/C27H33FO3Si/c1-27(2,3)32(23-15-9-5-10-16-23,24-17-11-6-12-18-24)31-21-26(29)25(28)20-30-19-22-13-7-4-8-14-22/h4-18,25-26,29H,19-21H2,1-3H3. The van der Waals surface area contributed by atoms with Gasteiger partial charge in [-0.25, -0.2) is 4.39 Å². The molecule has 3 aromatic carbocycles. The van der Waals surface area contributed by atoms with Crippen molar-refractivity contribution >= 4 is 18.7 Å². The fourth-order valence-corrected chi connectivity index (χ4v) is 8.63. The first-order valence-corrected chi connectivity index (χ1v) is 12.9. The zero-order valence-electron chi connectivity index (χ0n) is 19.1. The SMILES string of the molecule is CC(C)(C)[Si](OCC(O)C(F)COCc1ccccc1)(c1ccccc1)c1ccccc1. The average Bonchev–Trinajstić information content (AvgIpc) is 2.80. The van der Waals surface area contributed by atoms with Gasteiger partial charge in [0.1, 0.15) is 6.10 Å². The molecule has 2 unspecified atom stereocenters. The van der Waals surface area contributed by atoms with Crippen LogP contribution in [0.3, 0.4) is 0 Å². The predicted molar refractivity (Wildman–Crippen MR) is 131 cm³/mol. The Bertz CT molecular complexity index is 890. The molecule has 3 aromatic rings. The number of hydrogen-bond acceptors (Lipinski definition) is 3. The van der Waals surface area contributed by atoms with E-state index in [0.29, 0.717) is 6.61 Å². The van der Waals surface area contributed by atoms with Crippen LogP contribution in [0.2, 0.25) is 5.04 Å². The number of aliphatic hydroxyl groups is 1. The number of rotatable bonds is 10. The zero-order valence-corrected chi connectivity index (χ0v) is 20.1. The molecule has 0 spiro atoms. The van der Waals surface area contributed by atoms with Gasteiger partial charge in [-0.3, -0.25) is 0 Å². The van der Waals surface area contributed by atoms with Crippen molar-refractivity contribution in [1.29, 1.82) is 0 Å². The number of hydrogen-bond donors (Lipinski definition) is 1. The molecular weight excluding hydrogens is 419 g/mol. The zero-order chi connectivity index (χ0) is 23.0. The van der Waals surface area contributed by atoms with Crippen LogP contribution in [0, 0.1) is 0 Å². The smallest absolute Gasteiger partial charge is 0.261 e. The second-order valence-corrected chi connectivity index (χ2v) is 13.4. The Morgan fingerprint density at radius 2 is 1.25 bits per heavy atom. The lowest BCUT2D eigenvalue weighted by Crippen LogP contribution is -2.67. The maximum atomic E-state index is 14.7. The molecule has 0 aliphatic rings. The monoisotopic (exact) mass is 452 g/mol. The molecule has 0 saturated heterocycles. The Morgan fingerprint density at radius 1 is 0.781 bits per heavy atom. The molecule has 170 valence electrons. The van der Waals surface area contributed by atoms with Gasteiger partial charge in [0.15, 0.2) is 6.17 Å². The molecule has 32 heavy (non-hydrogen) atoms. The van der Waals surface area contributed by atoms with Crippen LogP contribution in [0.1, 0.15) is 26.3 Å². The molecule has 0 amide bonds. The van der Waals surface area contributed by atoms with Crippen LogP contribution >= 0.6 is 0 Å². The molecule has 3 nitrogen and oxygen atoms in total. The molecule has 0 saturated carbocycles. The maximum absolute atomic E-state index is 14.7. The fourth-order valence-electron chi connectivity index (χ4n) is 4.05. The lowest BCUT2D eigenvalue weighted by Gasteiger charge is -2.43. The minimum atomic E-state index is -2.81. The third-order valence-corrected chi connectivity index (χ3v) is 10.7. The predicted octanol–water partition coefficient (Wildman–Crippen LogP) is 4.48. The Morgan fingerprint density at radius 3 is 1.72 bits per heavy atom. The highest BCUT2D eigenvalue weighted by atomic mass is 28.4. The summed E-state index contributed by atoms with van der Waals surface area (Å²) >= 11 is 0. The number of halogens is 1. The van der Waals surface area contributed by atoms with Gasteiger partial charge in [-0.1, -0.05) is 112 Å². The van der Waals surface area contributed by atoms with E-state index in [1.165, 1.54) is 0 Å². The number of aliphatic hydroxyl groups excluding tert-OH is 1. The van der Waals surface area contributed by atoms with Gasteiger partial charge in [0.05, 0.1) is 19.8 Å². The summed E-state index contributed by atoms with van der Waals surface area (Å²) in [7, 11) is -2.81. The van der Waals surface area contributed by atoms with Gasteiger partial charge in [0.25, 0.3) is 8.32 Å². The Hall–Kier alpha value is -2.31. The largest absolute Gasteiger partial charge is 0.405 e. The van der Waals surface area contributed by atoms with Crippen molar-refractivity contribution in [3.8, 4) is 0 Å². The molecular formula is C27H33FO3Si. The van der Waals surface area contributed by atoms with E-state index < -0.39 is 20.6 Å². The van der Waals surface area contributed by atoms with Gasteiger partial charge < -0.3 is 14.3 Å². The first kappa shape index (κ1) is 24.3. The lowest BCUT2D eigenvalue weighted by atomic mass is 10.2. The van der Waals surface area contributed by atoms with Crippen LogP contribution in [0.25, 0.3) is 0 Å².